The van der Waals surface area contributed by atoms with Crippen LogP contribution >= 0.6 is 0 Å². The second kappa shape index (κ2) is 3.67. The van der Waals surface area contributed by atoms with Crippen molar-refractivity contribution < 1.29 is 0 Å². The molecule has 1 aliphatic heterocycles. The van der Waals surface area contributed by atoms with Gasteiger partial charge in [0.2, 0.25) is 5.95 Å². The molecule has 3 heteroatoms. The van der Waals surface area contributed by atoms with E-state index >= 15 is 0 Å². The Morgan fingerprint density at radius 1 is 1.38 bits per heavy atom. The topological polar surface area (TPSA) is 29.9 Å². The third kappa shape index (κ3) is 1.40. The summed E-state index contributed by atoms with van der Waals surface area (Å²) in [4.78, 5) is 4.31. The molecule has 2 aromatic rings. The first-order chi connectivity index (χ1) is 7.86. The molecule has 3 rings (SSSR count). The van der Waals surface area contributed by atoms with Gasteiger partial charge >= 0.3 is 0 Å². The van der Waals surface area contributed by atoms with Gasteiger partial charge < -0.3 is 9.88 Å². The van der Waals surface area contributed by atoms with Crippen molar-refractivity contribution in [3.05, 3.63) is 47.8 Å². The molecule has 3 nitrogen and oxygen atoms in total. The normalized spacial score (nSPS) is 18.9. The van der Waals surface area contributed by atoms with E-state index in [1.807, 2.05) is 6.20 Å². The van der Waals surface area contributed by atoms with Crippen LogP contribution in [-0.2, 0) is 0 Å². The quantitative estimate of drug-likeness (QED) is 0.789. The zero-order valence-corrected chi connectivity index (χ0v) is 9.35. The molecule has 1 aliphatic rings. The van der Waals surface area contributed by atoms with Crippen LogP contribution in [0, 0.1) is 6.92 Å². The maximum Gasteiger partial charge on any atom is 0.203 e. The van der Waals surface area contributed by atoms with Crippen LogP contribution in [-0.4, -0.2) is 16.1 Å². The van der Waals surface area contributed by atoms with Gasteiger partial charge in [0.15, 0.2) is 0 Å². The highest BCUT2D eigenvalue weighted by Crippen LogP contribution is 2.30. The third-order valence-corrected chi connectivity index (χ3v) is 3.25. The minimum atomic E-state index is 0.431. The van der Waals surface area contributed by atoms with Gasteiger partial charge in [0.1, 0.15) is 0 Å². The summed E-state index contributed by atoms with van der Waals surface area (Å²) in [5.74, 6) is 0.986. The van der Waals surface area contributed by atoms with E-state index in [1.54, 1.807) is 0 Å². The van der Waals surface area contributed by atoms with Crippen LogP contribution in [0.25, 0.3) is 0 Å². The van der Waals surface area contributed by atoms with Crippen molar-refractivity contribution in [3.63, 3.8) is 0 Å². The number of hydrogen-bond acceptors (Lipinski definition) is 2. The van der Waals surface area contributed by atoms with E-state index in [9.17, 15) is 0 Å². The number of aryl methyl sites for hydroxylation is 1. The molecule has 1 unspecified atom stereocenters. The molecule has 1 aromatic carbocycles. The highest BCUT2D eigenvalue weighted by atomic mass is 15.2. The highest BCUT2D eigenvalue weighted by molar-refractivity contribution is 5.36. The van der Waals surface area contributed by atoms with Gasteiger partial charge in [0, 0.05) is 18.9 Å². The van der Waals surface area contributed by atoms with Crippen molar-refractivity contribution in [2.75, 3.05) is 11.9 Å². The predicted octanol–water partition coefficient (Wildman–Crippen LogP) is 2.60. The SMILES string of the molecule is Cc1ccccc1C1CCNc2nccn21. The lowest BCUT2D eigenvalue weighted by atomic mass is 9.98. The minimum Gasteiger partial charge on any atom is -0.356 e. The van der Waals surface area contributed by atoms with E-state index in [-0.39, 0.29) is 0 Å². The molecule has 0 bridgehead atoms. The fourth-order valence-electron chi connectivity index (χ4n) is 2.43. The van der Waals surface area contributed by atoms with Gasteiger partial charge in [0.05, 0.1) is 6.04 Å². The molecular formula is C13H15N3. The first kappa shape index (κ1) is 9.46. The summed E-state index contributed by atoms with van der Waals surface area (Å²) in [6, 6.07) is 9.03. The van der Waals surface area contributed by atoms with Crippen LogP contribution < -0.4 is 5.32 Å². The fraction of sp³-hybridized carbons (Fsp3) is 0.308. The zero-order chi connectivity index (χ0) is 11.0. The van der Waals surface area contributed by atoms with E-state index in [4.69, 9.17) is 0 Å². The molecular weight excluding hydrogens is 198 g/mol. The summed E-state index contributed by atoms with van der Waals surface area (Å²) in [6.07, 6.45) is 5.03. The van der Waals surface area contributed by atoms with Gasteiger partial charge in [-0.2, -0.15) is 0 Å². The molecule has 2 heterocycles. The molecule has 1 aromatic heterocycles. The van der Waals surface area contributed by atoms with Crippen molar-refractivity contribution in [2.24, 2.45) is 0 Å². The molecule has 82 valence electrons. The first-order valence-corrected chi connectivity index (χ1v) is 5.68. The summed E-state index contributed by atoms with van der Waals surface area (Å²) in [5.41, 5.74) is 2.76. The first-order valence-electron chi connectivity index (χ1n) is 5.68. The number of hydrogen-bond donors (Lipinski definition) is 1. The van der Waals surface area contributed by atoms with Crippen LogP contribution in [0.5, 0.6) is 0 Å². The second-order valence-corrected chi connectivity index (χ2v) is 4.25. The van der Waals surface area contributed by atoms with Crippen molar-refractivity contribution in [3.8, 4) is 0 Å². The number of nitrogens with zero attached hydrogens (tertiary/aromatic N) is 2. The van der Waals surface area contributed by atoms with Crippen LogP contribution in [0.1, 0.15) is 23.6 Å². The fourth-order valence-corrected chi connectivity index (χ4v) is 2.43. The monoisotopic (exact) mass is 213 g/mol. The van der Waals surface area contributed by atoms with Crippen LogP contribution in [0.2, 0.25) is 0 Å². The molecule has 0 saturated carbocycles. The van der Waals surface area contributed by atoms with Crippen LogP contribution in [0.3, 0.4) is 0 Å². The molecule has 0 saturated heterocycles. The maximum absolute atomic E-state index is 4.31. The summed E-state index contributed by atoms with van der Waals surface area (Å²) < 4.78 is 2.23. The Morgan fingerprint density at radius 3 is 3.12 bits per heavy atom. The number of fused-ring (bicyclic) bond motifs is 1. The maximum atomic E-state index is 4.31. The van der Waals surface area contributed by atoms with Gasteiger partial charge in [-0.15, -0.1) is 0 Å². The zero-order valence-electron chi connectivity index (χ0n) is 9.35. The summed E-state index contributed by atoms with van der Waals surface area (Å²) >= 11 is 0. The van der Waals surface area contributed by atoms with Crippen molar-refractivity contribution in [1.82, 2.24) is 9.55 Å². The Bertz CT molecular complexity index is 501. The number of anilines is 1. The average Bonchev–Trinajstić information content (AvgIpc) is 2.77. The van der Waals surface area contributed by atoms with Gasteiger partial charge in [-0.25, -0.2) is 4.98 Å². The summed E-state index contributed by atoms with van der Waals surface area (Å²) in [5, 5.41) is 3.31. The van der Waals surface area contributed by atoms with Gasteiger partial charge in [-0.1, -0.05) is 24.3 Å². The number of imidazole rings is 1. The van der Waals surface area contributed by atoms with Gasteiger partial charge in [0.25, 0.3) is 0 Å². The molecule has 0 spiro atoms. The second-order valence-electron chi connectivity index (χ2n) is 4.25. The molecule has 1 atom stereocenters. The molecule has 1 N–H and O–H groups in total. The summed E-state index contributed by atoms with van der Waals surface area (Å²) in [7, 11) is 0. The van der Waals surface area contributed by atoms with E-state index in [0.29, 0.717) is 6.04 Å². The average molecular weight is 213 g/mol. The third-order valence-electron chi connectivity index (χ3n) is 3.25. The predicted molar refractivity (Wildman–Crippen MR) is 64.7 cm³/mol. The van der Waals surface area contributed by atoms with E-state index in [2.05, 4.69) is 52.3 Å². The standard InChI is InChI=1S/C13H15N3/c1-10-4-2-3-5-11(10)12-6-7-14-13-15-8-9-16(12)13/h2-5,8-9,12H,6-7H2,1H3,(H,14,15). The molecule has 0 amide bonds. The lowest BCUT2D eigenvalue weighted by Gasteiger charge is -2.27. The van der Waals surface area contributed by atoms with Crippen LogP contribution in [0.15, 0.2) is 36.7 Å². The lowest BCUT2D eigenvalue weighted by molar-refractivity contribution is 0.528. The van der Waals surface area contributed by atoms with Crippen molar-refractivity contribution >= 4 is 5.95 Å². The Labute approximate surface area is 95.1 Å². The smallest absolute Gasteiger partial charge is 0.203 e. The Hall–Kier alpha value is -1.77. The highest BCUT2D eigenvalue weighted by Gasteiger charge is 2.21. The Kier molecular flexibility index (Phi) is 2.17. The number of aromatic nitrogens is 2. The Balaban J connectivity index is 2.08. The lowest BCUT2D eigenvalue weighted by Crippen LogP contribution is -2.23. The van der Waals surface area contributed by atoms with Crippen molar-refractivity contribution in [1.29, 1.82) is 0 Å². The molecule has 16 heavy (non-hydrogen) atoms. The summed E-state index contributed by atoms with van der Waals surface area (Å²) in [6.45, 7) is 3.17. The molecule has 0 aliphatic carbocycles. The minimum absolute atomic E-state index is 0.431. The van der Waals surface area contributed by atoms with Crippen molar-refractivity contribution in [2.45, 2.75) is 19.4 Å². The van der Waals surface area contributed by atoms with E-state index in [0.717, 1.165) is 18.9 Å². The van der Waals surface area contributed by atoms with Gasteiger partial charge in [-0.3, -0.25) is 0 Å². The molecule has 0 fully saturated rings. The van der Waals surface area contributed by atoms with Gasteiger partial charge in [-0.05, 0) is 24.5 Å². The Morgan fingerprint density at radius 2 is 2.25 bits per heavy atom. The van der Waals surface area contributed by atoms with E-state index in [1.165, 1.54) is 11.1 Å². The largest absolute Gasteiger partial charge is 0.356 e. The van der Waals surface area contributed by atoms with Crippen LogP contribution in [0.4, 0.5) is 5.95 Å². The van der Waals surface area contributed by atoms with E-state index < -0.39 is 0 Å². The number of benzene rings is 1. The number of nitrogens with one attached hydrogen (secondary N) is 1. The number of rotatable bonds is 1. The molecule has 0 radical (unpaired) electrons.